The summed E-state index contributed by atoms with van der Waals surface area (Å²) < 4.78 is 4.61. The average Bonchev–Trinajstić information content (AvgIpc) is 2.28. The molecular formula is C12H22Cl2O2. The molecule has 0 bridgehead atoms. The molecule has 16 heavy (non-hydrogen) atoms. The first-order valence-electron chi connectivity index (χ1n) is 6.09. The van der Waals surface area contributed by atoms with Gasteiger partial charge in [-0.1, -0.05) is 63.5 Å². The molecule has 0 rings (SSSR count). The standard InChI is InChI=1S/C12H22Cl2O2/c1-2-3-4-5-6-7-8-9-11(14)12(15)16-10-13/h11H,2-10H2,1H3. The van der Waals surface area contributed by atoms with Gasteiger partial charge < -0.3 is 4.74 Å². The summed E-state index contributed by atoms with van der Waals surface area (Å²) in [6, 6.07) is -0.112. The summed E-state index contributed by atoms with van der Waals surface area (Å²) in [5, 5.41) is -0.533. The fourth-order valence-corrected chi connectivity index (χ4v) is 1.87. The zero-order valence-corrected chi connectivity index (χ0v) is 11.5. The molecule has 4 heteroatoms. The van der Waals surface area contributed by atoms with Crippen molar-refractivity contribution in [2.75, 3.05) is 6.07 Å². The van der Waals surface area contributed by atoms with Crippen LogP contribution in [-0.2, 0) is 9.53 Å². The van der Waals surface area contributed by atoms with E-state index in [0.717, 1.165) is 12.8 Å². The second-order valence-corrected chi connectivity index (χ2v) is 4.70. The fraction of sp³-hybridized carbons (Fsp3) is 0.917. The number of esters is 1. The third-order valence-electron chi connectivity index (χ3n) is 2.51. The Kier molecular flexibility index (Phi) is 11.6. The lowest BCUT2D eigenvalue weighted by molar-refractivity contribution is -0.141. The van der Waals surface area contributed by atoms with Crippen molar-refractivity contribution in [1.82, 2.24) is 0 Å². The number of alkyl halides is 2. The molecular weight excluding hydrogens is 247 g/mol. The molecule has 0 spiro atoms. The highest BCUT2D eigenvalue weighted by molar-refractivity contribution is 6.30. The fourth-order valence-electron chi connectivity index (χ4n) is 1.54. The molecule has 0 saturated heterocycles. The summed E-state index contributed by atoms with van der Waals surface area (Å²) in [7, 11) is 0. The monoisotopic (exact) mass is 268 g/mol. The first-order chi connectivity index (χ1) is 7.72. The van der Waals surface area contributed by atoms with Gasteiger partial charge in [0.1, 0.15) is 5.38 Å². The van der Waals surface area contributed by atoms with Crippen LogP contribution >= 0.6 is 23.2 Å². The van der Waals surface area contributed by atoms with E-state index in [9.17, 15) is 4.79 Å². The van der Waals surface area contributed by atoms with Crippen molar-refractivity contribution < 1.29 is 9.53 Å². The molecule has 1 atom stereocenters. The lowest BCUT2D eigenvalue weighted by Crippen LogP contribution is -2.17. The molecule has 0 aromatic heterocycles. The van der Waals surface area contributed by atoms with E-state index >= 15 is 0 Å². The quantitative estimate of drug-likeness (QED) is 0.332. The lowest BCUT2D eigenvalue weighted by Gasteiger charge is -2.07. The third kappa shape index (κ3) is 9.29. The normalized spacial score (nSPS) is 12.4. The molecule has 0 saturated carbocycles. The van der Waals surface area contributed by atoms with E-state index in [1.807, 2.05) is 0 Å². The summed E-state index contributed by atoms with van der Waals surface area (Å²) in [5.41, 5.74) is 0. The Hall–Kier alpha value is 0.0500. The topological polar surface area (TPSA) is 26.3 Å². The van der Waals surface area contributed by atoms with E-state index in [-0.39, 0.29) is 6.07 Å². The number of carbonyl (C=O) groups is 1. The second-order valence-electron chi connectivity index (χ2n) is 3.95. The number of hydrogen-bond donors (Lipinski definition) is 0. The summed E-state index contributed by atoms with van der Waals surface area (Å²) >= 11 is 11.1. The van der Waals surface area contributed by atoms with E-state index in [1.54, 1.807) is 0 Å². The van der Waals surface area contributed by atoms with Crippen LogP contribution in [0.5, 0.6) is 0 Å². The Morgan fingerprint density at radius 3 is 2.25 bits per heavy atom. The summed E-state index contributed by atoms with van der Waals surface area (Å²) in [4.78, 5) is 11.1. The maximum atomic E-state index is 11.1. The number of carbonyl (C=O) groups excluding carboxylic acids is 1. The molecule has 0 aliphatic heterocycles. The number of halogens is 2. The van der Waals surface area contributed by atoms with Crippen molar-refractivity contribution in [3.63, 3.8) is 0 Å². The Morgan fingerprint density at radius 1 is 1.12 bits per heavy atom. The van der Waals surface area contributed by atoms with Gasteiger partial charge in [0.2, 0.25) is 0 Å². The molecule has 1 unspecified atom stereocenters. The highest BCUT2D eigenvalue weighted by Crippen LogP contribution is 2.13. The van der Waals surface area contributed by atoms with Crippen LogP contribution in [0.2, 0.25) is 0 Å². The minimum absolute atomic E-state index is 0.112. The predicted octanol–water partition coefficient (Wildman–Crippen LogP) is 4.47. The van der Waals surface area contributed by atoms with Crippen LogP contribution < -0.4 is 0 Å². The van der Waals surface area contributed by atoms with Gasteiger partial charge in [0.05, 0.1) is 0 Å². The highest BCUT2D eigenvalue weighted by Gasteiger charge is 2.15. The minimum Gasteiger partial charge on any atom is -0.448 e. The highest BCUT2D eigenvalue weighted by atomic mass is 35.5. The van der Waals surface area contributed by atoms with Crippen molar-refractivity contribution in [3.05, 3.63) is 0 Å². The number of rotatable bonds is 10. The lowest BCUT2D eigenvalue weighted by atomic mass is 10.1. The largest absolute Gasteiger partial charge is 0.448 e. The van der Waals surface area contributed by atoms with Crippen molar-refractivity contribution in [2.45, 2.75) is 63.7 Å². The second kappa shape index (κ2) is 11.5. The zero-order chi connectivity index (χ0) is 12.2. The molecule has 0 heterocycles. The summed E-state index contributed by atoms with van der Waals surface area (Å²) in [6.07, 6.45) is 9.23. The first-order valence-corrected chi connectivity index (χ1v) is 7.06. The molecule has 0 aliphatic rings. The van der Waals surface area contributed by atoms with Gasteiger partial charge >= 0.3 is 5.97 Å². The number of ether oxygens (including phenoxy) is 1. The van der Waals surface area contributed by atoms with Crippen LogP contribution in [0.1, 0.15) is 58.3 Å². The van der Waals surface area contributed by atoms with Crippen LogP contribution in [0.4, 0.5) is 0 Å². The molecule has 0 aromatic carbocycles. The number of unbranched alkanes of at least 4 members (excludes halogenated alkanes) is 6. The van der Waals surface area contributed by atoms with Gasteiger partial charge in [-0.25, -0.2) is 0 Å². The molecule has 0 N–H and O–H groups in total. The summed E-state index contributed by atoms with van der Waals surface area (Å²) in [6.45, 7) is 2.21. The molecule has 0 radical (unpaired) electrons. The van der Waals surface area contributed by atoms with E-state index in [0.29, 0.717) is 6.42 Å². The van der Waals surface area contributed by atoms with Gasteiger partial charge in [-0.3, -0.25) is 4.79 Å². The SMILES string of the molecule is CCCCCCCCCC(Cl)C(=O)OCCl. The Balaban J connectivity index is 3.27. The van der Waals surface area contributed by atoms with Crippen molar-refractivity contribution in [3.8, 4) is 0 Å². The Morgan fingerprint density at radius 2 is 1.69 bits per heavy atom. The molecule has 0 aliphatic carbocycles. The predicted molar refractivity (Wildman–Crippen MR) is 69.1 cm³/mol. The molecule has 0 fully saturated rings. The van der Waals surface area contributed by atoms with Crippen LogP contribution in [0.15, 0.2) is 0 Å². The molecule has 0 amide bonds. The van der Waals surface area contributed by atoms with Gasteiger partial charge in [0.25, 0.3) is 0 Å². The van der Waals surface area contributed by atoms with Gasteiger partial charge in [-0.15, -0.1) is 11.6 Å². The van der Waals surface area contributed by atoms with Crippen LogP contribution in [0.3, 0.4) is 0 Å². The van der Waals surface area contributed by atoms with E-state index in [1.165, 1.54) is 32.1 Å². The van der Waals surface area contributed by atoms with Crippen molar-refractivity contribution in [1.29, 1.82) is 0 Å². The van der Waals surface area contributed by atoms with Gasteiger partial charge in [0.15, 0.2) is 6.07 Å². The van der Waals surface area contributed by atoms with Gasteiger partial charge in [-0.05, 0) is 6.42 Å². The first kappa shape index (κ1) is 16.1. The van der Waals surface area contributed by atoms with Crippen LogP contribution in [-0.4, -0.2) is 17.4 Å². The third-order valence-corrected chi connectivity index (χ3v) is 3.02. The van der Waals surface area contributed by atoms with Crippen molar-refractivity contribution >= 4 is 29.2 Å². The van der Waals surface area contributed by atoms with E-state index in [4.69, 9.17) is 23.2 Å². The van der Waals surface area contributed by atoms with Crippen LogP contribution in [0, 0.1) is 0 Å². The maximum Gasteiger partial charge on any atom is 0.325 e. The summed E-state index contributed by atoms with van der Waals surface area (Å²) in [5.74, 6) is -0.400. The van der Waals surface area contributed by atoms with E-state index in [2.05, 4.69) is 11.7 Å². The molecule has 96 valence electrons. The zero-order valence-electron chi connectivity index (χ0n) is 10.0. The molecule has 0 aromatic rings. The van der Waals surface area contributed by atoms with Gasteiger partial charge in [0, 0.05) is 0 Å². The smallest absolute Gasteiger partial charge is 0.325 e. The average molecular weight is 269 g/mol. The minimum atomic E-state index is -0.533. The van der Waals surface area contributed by atoms with Crippen molar-refractivity contribution in [2.24, 2.45) is 0 Å². The molecule has 2 nitrogen and oxygen atoms in total. The van der Waals surface area contributed by atoms with E-state index < -0.39 is 11.3 Å². The van der Waals surface area contributed by atoms with Gasteiger partial charge in [-0.2, -0.15) is 0 Å². The maximum absolute atomic E-state index is 11.1. The number of hydrogen-bond acceptors (Lipinski definition) is 2. The van der Waals surface area contributed by atoms with Crippen LogP contribution in [0.25, 0.3) is 0 Å². The Bertz CT molecular complexity index is 174. The Labute approximate surface area is 109 Å².